The van der Waals surface area contributed by atoms with E-state index in [1.54, 1.807) is 11.3 Å². The number of aryl methyl sites for hydroxylation is 1. The second-order valence-corrected chi connectivity index (χ2v) is 7.69. The van der Waals surface area contributed by atoms with Gasteiger partial charge in [-0.3, -0.25) is 0 Å². The third-order valence-corrected chi connectivity index (χ3v) is 5.73. The molecule has 4 rings (SSSR count). The van der Waals surface area contributed by atoms with E-state index < -0.39 is 0 Å². The molecule has 5 heteroatoms. The van der Waals surface area contributed by atoms with Gasteiger partial charge in [0, 0.05) is 18.5 Å². The van der Waals surface area contributed by atoms with E-state index in [9.17, 15) is 5.11 Å². The molecule has 0 atom stereocenters. The highest BCUT2D eigenvalue weighted by Crippen LogP contribution is 2.37. The standard InChI is InChI=1S/C19H21N3OS/c1-12-20-18(22(2)11-13-8-15(23)9-13)16-10-17(24-19(16)21-12)14-6-4-3-5-7-14/h3-7,10,13,15,23H,8-9,11H2,1-2H3. The van der Waals surface area contributed by atoms with Crippen LogP contribution in [0.15, 0.2) is 36.4 Å². The van der Waals surface area contributed by atoms with Crippen molar-refractivity contribution in [3.63, 3.8) is 0 Å². The zero-order chi connectivity index (χ0) is 16.7. The van der Waals surface area contributed by atoms with E-state index in [4.69, 9.17) is 4.98 Å². The Hall–Kier alpha value is -1.98. The summed E-state index contributed by atoms with van der Waals surface area (Å²) in [5.74, 6) is 2.36. The van der Waals surface area contributed by atoms with Crippen LogP contribution in [0.25, 0.3) is 20.7 Å². The van der Waals surface area contributed by atoms with Crippen LogP contribution in [0.3, 0.4) is 0 Å². The van der Waals surface area contributed by atoms with E-state index >= 15 is 0 Å². The molecule has 0 spiro atoms. The number of anilines is 1. The Morgan fingerprint density at radius 1 is 1.21 bits per heavy atom. The molecule has 1 aromatic carbocycles. The van der Waals surface area contributed by atoms with Crippen molar-refractivity contribution in [2.24, 2.45) is 5.92 Å². The van der Waals surface area contributed by atoms with Crippen LogP contribution in [0.5, 0.6) is 0 Å². The summed E-state index contributed by atoms with van der Waals surface area (Å²) in [5.41, 5.74) is 1.22. The molecule has 0 saturated heterocycles. The van der Waals surface area contributed by atoms with E-state index in [1.165, 1.54) is 10.4 Å². The summed E-state index contributed by atoms with van der Waals surface area (Å²) in [5, 5.41) is 10.6. The molecule has 0 radical (unpaired) electrons. The second-order valence-electron chi connectivity index (χ2n) is 6.66. The largest absolute Gasteiger partial charge is 0.393 e. The number of hydrogen-bond donors (Lipinski definition) is 1. The van der Waals surface area contributed by atoms with Gasteiger partial charge < -0.3 is 10.0 Å². The van der Waals surface area contributed by atoms with Gasteiger partial charge in [0.1, 0.15) is 16.5 Å². The lowest BCUT2D eigenvalue weighted by Crippen LogP contribution is -2.37. The predicted octanol–water partition coefficient (Wildman–Crippen LogP) is 3.87. The molecule has 24 heavy (non-hydrogen) atoms. The molecule has 1 aliphatic rings. The first-order chi connectivity index (χ1) is 11.6. The lowest BCUT2D eigenvalue weighted by atomic mass is 9.82. The molecule has 124 valence electrons. The number of rotatable bonds is 4. The number of aliphatic hydroxyl groups excluding tert-OH is 1. The number of aliphatic hydroxyl groups is 1. The fourth-order valence-corrected chi connectivity index (χ4v) is 4.45. The van der Waals surface area contributed by atoms with Crippen LogP contribution in [0.4, 0.5) is 5.82 Å². The molecular weight excluding hydrogens is 318 g/mol. The van der Waals surface area contributed by atoms with E-state index in [0.717, 1.165) is 41.2 Å². The smallest absolute Gasteiger partial charge is 0.140 e. The molecule has 0 bridgehead atoms. The normalized spacial score (nSPS) is 20.1. The van der Waals surface area contributed by atoms with Crippen molar-refractivity contribution in [1.29, 1.82) is 0 Å². The zero-order valence-corrected chi connectivity index (χ0v) is 14.8. The number of benzene rings is 1. The minimum Gasteiger partial charge on any atom is -0.393 e. The minimum absolute atomic E-state index is 0.110. The van der Waals surface area contributed by atoms with Crippen molar-refractivity contribution < 1.29 is 5.11 Å². The average Bonchev–Trinajstić information content (AvgIpc) is 2.97. The maximum atomic E-state index is 9.50. The topological polar surface area (TPSA) is 49.2 Å². The highest BCUT2D eigenvalue weighted by Gasteiger charge is 2.28. The number of nitrogens with zero attached hydrogens (tertiary/aromatic N) is 3. The Bertz CT molecular complexity index is 856. The molecule has 3 aromatic rings. The molecule has 0 aliphatic heterocycles. The molecule has 1 N–H and O–H groups in total. The molecule has 4 nitrogen and oxygen atoms in total. The summed E-state index contributed by atoms with van der Waals surface area (Å²) in [6.45, 7) is 2.88. The van der Waals surface area contributed by atoms with Crippen molar-refractivity contribution in [1.82, 2.24) is 9.97 Å². The van der Waals surface area contributed by atoms with Crippen molar-refractivity contribution in [3.05, 3.63) is 42.2 Å². The van der Waals surface area contributed by atoms with Crippen LogP contribution in [0, 0.1) is 12.8 Å². The molecule has 2 heterocycles. The van der Waals surface area contributed by atoms with Gasteiger partial charge in [-0.05, 0) is 37.3 Å². The van der Waals surface area contributed by atoms with E-state index in [-0.39, 0.29) is 6.10 Å². The van der Waals surface area contributed by atoms with Gasteiger partial charge in [0.2, 0.25) is 0 Å². The first kappa shape index (κ1) is 15.5. The van der Waals surface area contributed by atoms with Crippen LogP contribution >= 0.6 is 11.3 Å². The Morgan fingerprint density at radius 2 is 1.96 bits per heavy atom. The van der Waals surface area contributed by atoms with Gasteiger partial charge in [-0.25, -0.2) is 9.97 Å². The van der Waals surface area contributed by atoms with Gasteiger partial charge in [-0.2, -0.15) is 0 Å². The fourth-order valence-electron chi connectivity index (χ4n) is 3.37. The molecule has 1 fully saturated rings. The number of hydrogen-bond acceptors (Lipinski definition) is 5. The lowest BCUT2D eigenvalue weighted by molar-refractivity contribution is 0.0464. The van der Waals surface area contributed by atoms with Gasteiger partial charge in [0.05, 0.1) is 11.5 Å². The molecule has 1 saturated carbocycles. The predicted molar refractivity (Wildman–Crippen MR) is 99.6 cm³/mol. The fraction of sp³-hybridized carbons (Fsp3) is 0.368. The SMILES string of the molecule is Cc1nc(N(C)CC2CC(O)C2)c2cc(-c3ccccc3)sc2n1. The number of aromatic nitrogens is 2. The Morgan fingerprint density at radius 3 is 2.67 bits per heavy atom. The van der Waals surface area contributed by atoms with Gasteiger partial charge in [0.25, 0.3) is 0 Å². The maximum Gasteiger partial charge on any atom is 0.140 e. The Labute approximate surface area is 145 Å². The molecule has 0 amide bonds. The van der Waals surface area contributed by atoms with E-state index in [0.29, 0.717) is 5.92 Å². The monoisotopic (exact) mass is 339 g/mol. The quantitative estimate of drug-likeness (QED) is 0.784. The summed E-state index contributed by atoms with van der Waals surface area (Å²) in [4.78, 5) is 13.8. The number of thiophene rings is 1. The van der Waals surface area contributed by atoms with Gasteiger partial charge >= 0.3 is 0 Å². The Balaban J connectivity index is 1.70. The third kappa shape index (κ3) is 2.89. The van der Waals surface area contributed by atoms with E-state index in [1.807, 2.05) is 13.0 Å². The second kappa shape index (κ2) is 6.15. The van der Waals surface area contributed by atoms with Gasteiger partial charge in [-0.15, -0.1) is 11.3 Å². The van der Waals surface area contributed by atoms with Crippen LogP contribution in [0.2, 0.25) is 0 Å². The number of fused-ring (bicyclic) bond motifs is 1. The van der Waals surface area contributed by atoms with Gasteiger partial charge in [0.15, 0.2) is 0 Å². The van der Waals surface area contributed by atoms with Gasteiger partial charge in [-0.1, -0.05) is 30.3 Å². The summed E-state index contributed by atoms with van der Waals surface area (Å²) in [7, 11) is 2.09. The maximum absolute atomic E-state index is 9.50. The third-order valence-electron chi connectivity index (χ3n) is 4.65. The first-order valence-electron chi connectivity index (χ1n) is 8.33. The van der Waals surface area contributed by atoms with Crippen molar-refractivity contribution in [2.75, 3.05) is 18.5 Å². The molecule has 0 unspecified atom stereocenters. The van der Waals surface area contributed by atoms with Crippen LogP contribution in [0.1, 0.15) is 18.7 Å². The van der Waals surface area contributed by atoms with Crippen molar-refractivity contribution >= 4 is 27.4 Å². The Kier molecular flexibility index (Phi) is 3.98. The average molecular weight is 339 g/mol. The van der Waals surface area contributed by atoms with E-state index in [2.05, 4.69) is 47.3 Å². The molecular formula is C19H21N3OS. The lowest BCUT2D eigenvalue weighted by Gasteiger charge is -2.35. The highest BCUT2D eigenvalue weighted by molar-refractivity contribution is 7.21. The molecule has 1 aliphatic carbocycles. The first-order valence-corrected chi connectivity index (χ1v) is 9.14. The highest BCUT2D eigenvalue weighted by atomic mass is 32.1. The minimum atomic E-state index is -0.110. The summed E-state index contributed by atoms with van der Waals surface area (Å²) < 4.78 is 0. The van der Waals surface area contributed by atoms with Crippen molar-refractivity contribution in [3.8, 4) is 10.4 Å². The van der Waals surface area contributed by atoms with Crippen LogP contribution < -0.4 is 4.90 Å². The van der Waals surface area contributed by atoms with Crippen LogP contribution in [-0.2, 0) is 0 Å². The summed E-state index contributed by atoms with van der Waals surface area (Å²) >= 11 is 1.72. The summed E-state index contributed by atoms with van der Waals surface area (Å²) in [6.07, 6.45) is 1.69. The zero-order valence-electron chi connectivity index (χ0n) is 13.9. The van der Waals surface area contributed by atoms with Crippen molar-refractivity contribution in [2.45, 2.75) is 25.9 Å². The summed E-state index contributed by atoms with van der Waals surface area (Å²) in [6, 6.07) is 12.6. The van der Waals surface area contributed by atoms with Crippen LogP contribution in [-0.4, -0.2) is 34.8 Å². The molecule has 2 aromatic heterocycles.